The molecule has 0 saturated carbocycles. The molecule has 0 bridgehead atoms. The molecule has 0 radical (unpaired) electrons. The number of benzene rings is 2. The first-order valence-electron chi connectivity index (χ1n) is 9.44. The summed E-state index contributed by atoms with van der Waals surface area (Å²) in [7, 11) is 7.31. The highest BCUT2D eigenvalue weighted by atomic mass is 16.5. The summed E-state index contributed by atoms with van der Waals surface area (Å²) < 4.78 is 5.11. The molecule has 0 aliphatic rings. The Bertz CT molecular complexity index is 843. The quantitative estimate of drug-likeness (QED) is 0.698. The van der Waals surface area contributed by atoms with Gasteiger partial charge >= 0.3 is 0 Å². The molecule has 6 nitrogen and oxygen atoms in total. The van der Waals surface area contributed by atoms with Crippen LogP contribution in [-0.2, 0) is 16.1 Å². The van der Waals surface area contributed by atoms with Crippen molar-refractivity contribution in [2.24, 2.45) is 0 Å². The normalized spacial score (nSPS) is 11.8. The lowest BCUT2D eigenvalue weighted by Gasteiger charge is -2.22. The van der Waals surface area contributed by atoms with Crippen molar-refractivity contribution in [1.82, 2.24) is 10.2 Å². The highest BCUT2D eigenvalue weighted by molar-refractivity contribution is 5.95. The molecule has 0 spiro atoms. The summed E-state index contributed by atoms with van der Waals surface area (Å²) in [6.07, 6.45) is 3.12. The van der Waals surface area contributed by atoms with Crippen molar-refractivity contribution in [3.8, 4) is 5.75 Å². The van der Waals surface area contributed by atoms with Gasteiger partial charge in [0.05, 0.1) is 7.11 Å². The molecule has 0 saturated heterocycles. The van der Waals surface area contributed by atoms with E-state index in [2.05, 4.69) is 5.32 Å². The number of carbonyl (C=O) groups is 2. The Morgan fingerprint density at radius 3 is 2.21 bits per heavy atom. The molecule has 1 atom stereocenters. The van der Waals surface area contributed by atoms with Crippen LogP contribution >= 0.6 is 0 Å². The molecule has 0 fully saturated rings. The van der Waals surface area contributed by atoms with Gasteiger partial charge < -0.3 is 19.9 Å². The Kier molecular flexibility index (Phi) is 7.83. The minimum absolute atomic E-state index is 0.145. The first kappa shape index (κ1) is 22.0. The summed E-state index contributed by atoms with van der Waals surface area (Å²) in [6, 6.07) is 14.8. The summed E-state index contributed by atoms with van der Waals surface area (Å²) in [5.41, 5.74) is 3.01. The molecular formula is C23H29N3O3. The fraction of sp³-hybridized carbons (Fsp3) is 0.304. The molecule has 0 aromatic heterocycles. The number of amides is 2. The van der Waals surface area contributed by atoms with Crippen LogP contribution in [0.25, 0.3) is 6.08 Å². The number of anilines is 1. The Hall–Kier alpha value is -3.28. The summed E-state index contributed by atoms with van der Waals surface area (Å²) in [5.74, 6) is 0.295. The number of rotatable bonds is 8. The third kappa shape index (κ3) is 6.68. The molecule has 0 aliphatic heterocycles. The van der Waals surface area contributed by atoms with Crippen LogP contribution in [0.2, 0.25) is 0 Å². The zero-order valence-corrected chi connectivity index (χ0v) is 17.7. The summed E-state index contributed by atoms with van der Waals surface area (Å²) in [6.45, 7) is 2.17. The van der Waals surface area contributed by atoms with Crippen LogP contribution in [0.15, 0.2) is 54.6 Å². The van der Waals surface area contributed by atoms with Crippen LogP contribution in [0.5, 0.6) is 5.75 Å². The van der Waals surface area contributed by atoms with E-state index in [0.717, 1.165) is 22.6 Å². The Labute approximate surface area is 172 Å². The third-order valence-corrected chi connectivity index (χ3v) is 4.52. The fourth-order valence-electron chi connectivity index (χ4n) is 2.79. The van der Waals surface area contributed by atoms with E-state index in [1.54, 1.807) is 32.1 Å². The van der Waals surface area contributed by atoms with Gasteiger partial charge in [-0.25, -0.2) is 0 Å². The molecule has 0 unspecified atom stereocenters. The molecule has 6 heteroatoms. The van der Waals surface area contributed by atoms with Gasteiger partial charge in [0.25, 0.3) is 0 Å². The van der Waals surface area contributed by atoms with Crippen LogP contribution < -0.4 is 15.0 Å². The number of hydrogen-bond acceptors (Lipinski definition) is 4. The molecule has 0 aliphatic carbocycles. The summed E-state index contributed by atoms with van der Waals surface area (Å²) in [4.78, 5) is 28.3. The minimum Gasteiger partial charge on any atom is -0.497 e. The van der Waals surface area contributed by atoms with E-state index in [1.165, 1.54) is 6.08 Å². The standard InChI is InChI=1S/C23H29N3O3/c1-17(24-22(27)15-10-18-8-13-21(29-5)14-9-18)23(28)26(4)16-19-6-11-20(12-7-19)25(2)3/h6-15,17H,16H2,1-5H3,(H,24,27)/b15-10+/t17-/m0/s1. The summed E-state index contributed by atoms with van der Waals surface area (Å²) >= 11 is 0. The molecule has 0 heterocycles. The van der Waals surface area contributed by atoms with Gasteiger partial charge in [0.1, 0.15) is 11.8 Å². The molecule has 2 aromatic carbocycles. The fourth-order valence-corrected chi connectivity index (χ4v) is 2.79. The van der Waals surface area contributed by atoms with Crippen molar-refractivity contribution in [3.63, 3.8) is 0 Å². The van der Waals surface area contributed by atoms with Crippen molar-refractivity contribution < 1.29 is 14.3 Å². The molecule has 154 valence electrons. The van der Waals surface area contributed by atoms with E-state index in [1.807, 2.05) is 67.5 Å². The number of nitrogens with zero attached hydrogens (tertiary/aromatic N) is 2. The number of ether oxygens (including phenoxy) is 1. The highest BCUT2D eigenvalue weighted by Crippen LogP contribution is 2.14. The van der Waals surface area contributed by atoms with E-state index in [0.29, 0.717) is 6.54 Å². The van der Waals surface area contributed by atoms with E-state index in [-0.39, 0.29) is 11.8 Å². The highest BCUT2D eigenvalue weighted by Gasteiger charge is 2.18. The molecule has 1 N–H and O–H groups in total. The van der Waals surface area contributed by atoms with Crippen molar-refractivity contribution in [2.75, 3.05) is 33.2 Å². The lowest BCUT2D eigenvalue weighted by molar-refractivity contribution is -0.134. The number of nitrogens with one attached hydrogen (secondary N) is 1. The van der Waals surface area contributed by atoms with E-state index in [9.17, 15) is 9.59 Å². The molecule has 2 amide bonds. The first-order chi connectivity index (χ1) is 13.8. The smallest absolute Gasteiger partial charge is 0.244 e. The lowest BCUT2D eigenvalue weighted by atomic mass is 10.1. The van der Waals surface area contributed by atoms with Gasteiger partial charge in [-0.15, -0.1) is 0 Å². The Balaban J connectivity index is 1.87. The van der Waals surface area contributed by atoms with Crippen molar-refractivity contribution in [3.05, 3.63) is 65.7 Å². The van der Waals surface area contributed by atoms with Gasteiger partial charge in [-0.05, 0) is 48.4 Å². The second kappa shape index (κ2) is 10.3. The second-order valence-corrected chi connectivity index (χ2v) is 7.09. The van der Waals surface area contributed by atoms with E-state index in [4.69, 9.17) is 4.74 Å². The zero-order chi connectivity index (χ0) is 21.4. The van der Waals surface area contributed by atoms with Crippen LogP contribution in [0.1, 0.15) is 18.1 Å². The number of carbonyl (C=O) groups excluding carboxylic acids is 2. The second-order valence-electron chi connectivity index (χ2n) is 7.09. The van der Waals surface area contributed by atoms with Gasteiger partial charge in [0.2, 0.25) is 11.8 Å². The van der Waals surface area contributed by atoms with Gasteiger partial charge in [0.15, 0.2) is 0 Å². The lowest BCUT2D eigenvalue weighted by Crippen LogP contribution is -2.44. The number of likely N-dealkylation sites (N-methyl/N-ethyl adjacent to an activating group) is 1. The first-order valence-corrected chi connectivity index (χ1v) is 9.44. The van der Waals surface area contributed by atoms with Crippen LogP contribution in [-0.4, -0.2) is 51.0 Å². The number of methoxy groups -OCH3 is 1. The van der Waals surface area contributed by atoms with E-state index < -0.39 is 6.04 Å². The minimum atomic E-state index is -0.617. The topological polar surface area (TPSA) is 61.9 Å². The van der Waals surface area contributed by atoms with E-state index >= 15 is 0 Å². The predicted molar refractivity (Wildman–Crippen MR) is 117 cm³/mol. The molecule has 2 rings (SSSR count). The molecule has 29 heavy (non-hydrogen) atoms. The SMILES string of the molecule is COc1ccc(/C=C/C(=O)N[C@@H](C)C(=O)N(C)Cc2ccc(N(C)C)cc2)cc1. The van der Waals surface area contributed by atoms with Gasteiger partial charge in [0, 0.05) is 39.5 Å². The average Bonchev–Trinajstić information content (AvgIpc) is 2.72. The van der Waals surface area contributed by atoms with Gasteiger partial charge in [-0.1, -0.05) is 24.3 Å². The average molecular weight is 396 g/mol. The number of hydrogen-bond donors (Lipinski definition) is 1. The Morgan fingerprint density at radius 1 is 1.03 bits per heavy atom. The maximum Gasteiger partial charge on any atom is 0.244 e. The van der Waals surface area contributed by atoms with Crippen LogP contribution in [0.4, 0.5) is 5.69 Å². The largest absolute Gasteiger partial charge is 0.497 e. The monoisotopic (exact) mass is 395 g/mol. The van der Waals surface area contributed by atoms with Gasteiger partial charge in [-0.3, -0.25) is 9.59 Å². The summed E-state index contributed by atoms with van der Waals surface area (Å²) in [5, 5.41) is 2.71. The van der Waals surface area contributed by atoms with Crippen LogP contribution in [0, 0.1) is 0 Å². The molecular weight excluding hydrogens is 366 g/mol. The maximum absolute atomic E-state index is 12.6. The zero-order valence-electron chi connectivity index (χ0n) is 17.7. The predicted octanol–water partition coefficient (Wildman–Crippen LogP) is 2.94. The van der Waals surface area contributed by atoms with Crippen molar-refractivity contribution >= 4 is 23.6 Å². The maximum atomic E-state index is 12.6. The van der Waals surface area contributed by atoms with Crippen molar-refractivity contribution in [1.29, 1.82) is 0 Å². The third-order valence-electron chi connectivity index (χ3n) is 4.52. The van der Waals surface area contributed by atoms with Gasteiger partial charge in [-0.2, -0.15) is 0 Å². The van der Waals surface area contributed by atoms with Crippen molar-refractivity contribution in [2.45, 2.75) is 19.5 Å². The Morgan fingerprint density at radius 2 is 1.66 bits per heavy atom. The molecule has 2 aromatic rings. The van der Waals surface area contributed by atoms with Crippen LogP contribution in [0.3, 0.4) is 0 Å².